The Balaban J connectivity index is 1.88. The Kier molecular flexibility index (Phi) is 5.26. The molecular weight excluding hydrogens is 349 g/mol. The fraction of sp³-hybridized carbons (Fsp3) is 0.294. The summed E-state index contributed by atoms with van der Waals surface area (Å²) in [6.45, 7) is 4.98. The van der Waals surface area contributed by atoms with Gasteiger partial charge < -0.3 is 4.42 Å². The minimum atomic E-state index is -0.309. The maximum atomic E-state index is 13.9. The highest BCUT2D eigenvalue weighted by Crippen LogP contribution is 2.30. The molecule has 126 valence electrons. The molecule has 0 amide bonds. The monoisotopic (exact) mass is 365 g/mol. The standard InChI is InChI=1S/C17H17ClFN3OS/c1-11(2)9-22-16(15-7-4-8-23-15)20-21-17(22)24-10-12-13(18)5-3-6-14(12)19/h3-8,11H,9-10H2,1-2H3. The summed E-state index contributed by atoms with van der Waals surface area (Å²) in [5, 5.41) is 9.63. The van der Waals surface area contributed by atoms with Crippen LogP contribution < -0.4 is 0 Å². The summed E-state index contributed by atoms with van der Waals surface area (Å²) in [5.41, 5.74) is 0.475. The Hall–Kier alpha value is -1.79. The average Bonchev–Trinajstić information content (AvgIpc) is 3.16. The fourth-order valence-corrected chi connectivity index (χ4v) is 3.61. The van der Waals surface area contributed by atoms with Gasteiger partial charge in [0.25, 0.3) is 0 Å². The summed E-state index contributed by atoms with van der Waals surface area (Å²) in [6, 6.07) is 8.36. The Morgan fingerprint density at radius 2 is 2.08 bits per heavy atom. The van der Waals surface area contributed by atoms with E-state index < -0.39 is 0 Å². The van der Waals surface area contributed by atoms with Crippen LogP contribution in [0.15, 0.2) is 46.2 Å². The Morgan fingerprint density at radius 1 is 1.25 bits per heavy atom. The molecule has 0 fully saturated rings. The van der Waals surface area contributed by atoms with Crippen LogP contribution in [-0.4, -0.2) is 14.8 Å². The zero-order chi connectivity index (χ0) is 17.1. The van der Waals surface area contributed by atoms with Crippen molar-refractivity contribution in [3.8, 4) is 11.6 Å². The predicted octanol–water partition coefficient (Wildman–Crippen LogP) is 5.28. The van der Waals surface area contributed by atoms with Gasteiger partial charge >= 0.3 is 0 Å². The van der Waals surface area contributed by atoms with Gasteiger partial charge in [0.2, 0.25) is 0 Å². The second-order valence-corrected chi connectivity index (χ2v) is 7.13. The summed E-state index contributed by atoms with van der Waals surface area (Å²) in [4.78, 5) is 0. The molecule has 0 atom stereocenters. The Morgan fingerprint density at radius 3 is 2.75 bits per heavy atom. The summed E-state index contributed by atoms with van der Waals surface area (Å²) in [6.07, 6.45) is 1.61. The van der Waals surface area contributed by atoms with Crippen molar-refractivity contribution in [1.29, 1.82) is 0 Å². The SMILES string of the molecule is CC(C)Cn1c(SCc2c(F)cccc2Cl)nnc1-c1ccco1. The van der Waals surface area contributed by atoms with Crippen molar-refractivity contribution in [2.24, 2.45) is 5.92 Å². The molecule has 0 bridgehead atoms. The van der Waals surface area contributed by atoms with Crippen molar-refractivity contribution in [3.63, 3.8) is 0 Å². The molecule has 24 heavy (non-hydrogen) atoms. The molecule has 7 heteroatoms. The van der Waals surface area contributed by atoms with Crippen LogP contribution >= 0.6 is 23.4 Å². The van der Waals surface area contributed by atoms with Crippen LogP contribution in [-0.2, 0) is 12.3 Å². The molecule has 0 unspecified atom stereocenters. The molecule has 0 N–H and O–H groups in total. The summed E-state index contributed by atoms with van der Waals surface area (Å²) >= 11 is 7.51. The summed E-state index contributed by atoms with van der Waals surface area (Å²) < 4.78 is 21.4. The van der Waals surface area contributed by atoms with E-state index in [-0.39, 0.29) is 5.82 Å². The highest BCUT2D eigenvalue weighted by Gasteiger charge is 2.18. The lowest BCUT2D eigenvalue weighted by atomic mass is 10.2. The molecule has 3 aromatic rings. The van der Waals surface area contributed by atoms with Crippen LogP contribution in [0.4, 0.5) is 4.39 Å². The van der Waals surface area contributed by atoms with Crippen molar-refractivity contribution in [2.45, 2.75) is 31.3 Å². The van der Waals surface area contributed by atoms with Crippen LogP contribution in [0.1, 0.15) is 19.4 Å². The number of benzene rings is 1. The van der Waals surface area contributed by atoms with Crippen LogP contribution in [0.3, 0.4) is 0 Å². The number of hydrogen-bond acceptors (Lipinski definition) is 4. The Bertz CT molecular complexity index is 797. The van der Waals surface area contributed by atoms with E-state index in [1.165, 1.54) is 17.8 Å². The van der Waals surface area contributed by atoms with Crippen molar-refractivity contribution in [3.05, 3.63) is 53.0 Å². The van der Waals surface area contributed by atoms with Crippen molar-refractivity contribution >= 4 is 23.4 Å². The quantitative estimate of drug-likeness (QED) is 0.557. The van der Waals surface area contributed by atoms with E-state index in [9.17, 15) is 4.39 Å². The third-order valence-corrected chi connectivity index (χ3v) is 4.76. The molecule has 0 aliphatic carbocycles. The van der Waals surface area contributed by atoms with E-state index in [2.05, 4.69) is 24.0 Å². The predicted molar refractivity (Wildman–Crippen MR) is 93.5 cm³/mol. The second-order valence-electron chi connectivity index (χ2n) is 5.78. The highest BCUT2D eigenvalue weighted by atomic mass is 35.5. The zero-order valence-corrected chi connectivity index (χ0v) is 14.9. The van der Waals surface area contributed by atoms with Crippen LogP contribution in [0.2, 0.25) is 5.02 Å². The molecule has 0 spiro atoms. The molecular formula is C17H17ClFN3OS. The molecule has 2 aromatic heterocycles. The van der Waals surface area contributed by atoms with E-state index in [1.807, 2.05) is 16.7 Å². The van der Waals surface area contributed by atoms with E-state index >= 15 is 0 Å². The van der Waals surface area contributed by atoms with E-state index in [0.717, 1.165) is 11.7 Å². The number of thioether (sulfide) groups is 1. The minimum Gasteiger partial charge on any atom is -0.461 e. The van der Waals surface area contributed by atoms with Crippen LogP contribution in [0.25, 0.3) is 11.6 Å². The van der Waals surface area contributed by atoms with Gasteiger partial charge in [0.05, 0.1) is 6.26 Å². The first kappa shape index (κ1) is 17.0. The molecule has 2 heterocycles. The third kappa shape index (κ3) is 3.65. The average molecular weight is 366 g/mol. The lowest BCUT2D eigenvalue weighted by Gasteiger charge is -2.12. The number of aromatic nitrogens is 3. The van der Waals surface area contributed by atoms with Gasteiger partial charge in [0.1, 0.15) is 5.82 Å². The number of hydrogen-bond donors (Lipinski definition) is 0. The van der Waals surface area contributed by atoms with Gasteiger partial charge in [-0.1, -0.05) is 43.3 Å². The first-order valence-corrected chi connectivity index (χ1v) is 8.95. The number of rotatable bonds is 6. The highest BCUT2D eigenvalue weighted by molar-refractivity contribution is 7.98. The van der Waals surface area contributed by atoms with Crippen LogP contribution in [0, 0.1) is 11.7 Å². The smallest absolute Gasteiger partial charge is 0.200 e. The molecule has 0 aliphatic rings. The molecule has 0 aliphatic heterocycles. The van der Waals surface area contributed by atoms with Gasteiger partial charge in [-0.05, 0) is 30.2 Å². The Labute approximate surface area is 149 Å². The van der Waals surface area contributed by atoms with Crippen molar-refractivity contribution in [1.82, 2.24) is 14.8 Å². The van der Waals surface area contributed by atoms with Gasteiger partial charge in [-0.25, -0.2) is 4.39 Å². The maximum Gasteiger partial charge on any atom is 0.200 e. The summed E-state index contributed by atoms with van der Waals surface area (Å²) in [5.74, 6) is 1.83. The van der Waals surface area contributed by atoms with Crippen molar-refractivity contribution < 1.29 is 8.81 Å². The first-order chi connectivity index (χ1) is 11.6. The van der Waals surface area contributed by atoms with E-state index in [1.54, 1.807) is 18.4 Å². The lowest BCUT2D eigenvalue weighted by molar-refractivity contribution is 0.489. The first-order valence-electron chi connectivity index (χ1n) is 7.59. The van der Waals surface area contributed by atoms with Crippen molar-refractivity contribution in [2.75, 3.05) is 0 Å². The fourth-order valence-electron chi connectivity index (χ4n) is 2.32. The minimum absolute atomic E-state index is 0.309. The normalized spacial score (nSPS) is 11.4. The molecule has 0 saturated heterocycles. The van der Waals surface area contributed by atoms with E-state index in [4.69, 9.17) is 16.0 Å². The van der Waals surface area contributed by atoms with Gasteiger partial charge in [-0.15, -0.1) is 10.2 Å². The number of nitrogens with zero attached hydrogens (tertiary/aromatic N) is 3. The molecule has 3 rings (SSSR count). The number of halogens is 2. The van der Waals surface area contributed by atoms with Gasteiger partial charge in [0, 0.05) is 22.9 Å². The van der Waals surface area contributed by atoms with Gasteiger partial charge in [-0.3, -0.25) is 4.57 Å². The summed E-state index contributed by atoms with van der Waals surface area (Å²) in [7, 11) is 0. The second kappa shape index (κ2) is 7.40. The van der Waals surface area contributed by atoms with Gasteiger partial charge in [0.15, 0.2) is 16.7 Å². The van der Waals surface area contributed by atoms with E-state index in [0.29, 0.717) is 33.8 Å². The topological polar surface area (TPSA) is 43.9 Å². The van der Waals surface area contributed by atoms with Gasteiger partial charge in [-0.2, -0.15) is 0 Å². The molecule has 0 radical (unpaired) electrons. The zero-order valence-electron chi connectivity index (χ0n) is 13.4. The number of furan rings is 1. The molecule has 1 aromatic carbocycles. The van der Waals surface area contributed by atoms with Crippen LogP contribution in [0.5, 0.6) is 0 Å². The third-order valence-electron chi connectivity index (χ3n) is 3.41. The lowest BCUT2D eigenvalue weighted by Crippen LogP contribution is -2.07. The maximum absolute atomic E-state index is 13.9. The molecule has 4 nitrogen and oxygen atoms in total. The largest absolute Gasteiger partial charge is 0.461 e. The molecule has 0 saturated carbocycles.